The Morgan fingerprint density at radius 2 is 2.38 bits per heavy atom. The number of rotatable bonds is 5. The maximum absolute atomic E-state index is 9.00. The summed E-state index contributed by atoms with van der Waals surface area (Å²) in [5.74, 6) is 1.90. The van der Waals surface area contributed by atoms with Crippen LogP contribution in [0.3, 0.4) is 0 Å². The molecule has 0 saturated carbocycles. The molecule has 1 aromatic rings. The molecule has 3 nitrogen and oxygen atoms in total. The summed E-state index contributed by atoms with van der Waals surface area (Å²) in [6.07, 6.45) is 4.93. The highest BCUT2D eigenvalue weighted by molar-refractivity contribution is 7.98. The van der Waals surface area contributed by atoms with Crippen molar-refractivity contribution in [2.24, 2.45) is 0 Å². The maximum atomic E-state index is 9.00. The molecule has 0 aromatic carbocycles. The molecule has 0 spiro atoms. The molecule has 0 saturated heterocycles. The van der Waals surface area contributed by atoms with E-state index in [4.69, 9.17) is 5.26 Å². The van der Waals surface area contributed by atoms with Crippen molar-refractivity contribution in [2.75, 3.05) is 24.0 Å². The third-order valence-electron chi connectivity index (χ3n) is 2.64. The van der Waals surface area contributed by atoms with E-state index in [1.807, 2.05) is 18.8 Å². The fourth-order valence-corrected chi connectivity index (χ4v) is 2.03. The third-order valence-corrected chi connectivity index (χ3v) is 3.29. The molecule has 0 aliphatic rings. The number of hydrogen-bond acceptors (Lipinski definition) is 4. The average Bonchev–Trinajstić information content (AvgIpc) is 2.34. The molecule has 1 atom stereocenters. The Morgan fingerprint density at radius 1 is 1.62 bits per heavy atom. The van der Waals surface area contributed by atoms with Crippen molar-refractivity contribution in [3.63, 3.8) is 0 Å². The quantitative estimate of drug-likeness (QED) is 0.786. The normalized spacial score (nSPS) is 11.9. The van der Waals surface area contributed by atoms with Crippen LogP contribution < -0.4 is 4.90 Å². The van der Waals surface area contributed by atoms with Crippen LogP contribution in [0.25, 0.3) is 0 Å². The predicted molar refractivity (Wildman–Crippen MR) is 69.8 cm³/mol. The van der Waals surface area contributed by atoms with Crippen LogP contribution in [0.15, 0.2) is 18.3 Å². The topological polar surface area (TPSA) is 39.9 Å². The van der Waals surface area contributed by atoms with Gasteiger partial charge in [0.15, 0.2) is 0 Å². The van der Waals surface area contributed by atoms with E-state index >= 15 is 0 Å². The first-order chi connectivity index (χ1) is 7.70. The smallest absolute Gasteiger partial charge is 0.146 e. The fraction of sp³-hybridized carbons (Fsp3) is 0.500. The van der Waals surface area contributed by atoms with Gasteiger partial charge in [-0.15, -0.1) is 0 Å². The van der Waals surface area contributed by atoms with Gasteiger partial charge in [0.1, 0.15) is 11.9 Å². The molecule has 0 fully saturated rings. The first kappa shape index (κ1) is 12.9. The Balaban J connectivity index is 2.79. The lowest BCUT2D eigenvalue weighted by molar-refractivity contribution is 0.661. The minimum absolute atomic E-state index is 0.398. The second-order valence-electron chi connectivity index (χ2n) is 3.73. The summed E-state index contributed by atoms with van der Waals surface area (Å²) >= 11 is 1.84. The van der Waals surface area contributed by atoms with Crippen molar-refractivity contribution >= 4 is 17.6 Å². The molecular weight excluding hydrogens is 218 g/mol. The second-order valence-corrected chi connectivity index (χ2v) is 4.71. The van der Waals surface area contributed by atoms with Crippen LogP contribution in [0.1, 0.15) is 18.9 Å². The van der Waals surface area contributed by atoms with Gasteiger partial charge in [-0.05, 0) is 37.5 Å². The maximum Gasteiger partial charge on any atom is 0.146 e. The summed E-state index contributed by atoms with van der Waals surface area (Å²) < 4.78 is 0. The van der Waals surface area contributed by atoms with E-state index < -0.39 is 0 Å². The first-order valence-corrected chi connectivity index (χ1v) is 6.67. The minimum atomic E-state index is 0.398. The van der Waals surface area contributed by atoms with Crippen molar-refractivity contribution in [1.29, 1.82) is 5.26 Å². The summed E-state index contributed by atoms with van der Waals surface area (Å²) in [4.78, 5) is 6.35. The van der Waals surface area contributed by atoms with E-state index in [1.54, 1.807) is 18.3 Å². The monoisotopic (exact) mass is 235 g/mol. The molecule has 0 bridgehead atoms. The Kier molecular flexibility index (Phi) is 5.13. The molecule has 1 rings (SSSR count). The van der Waals surface area contributed by atoms with Gasteiger partial charge in [0.05, 0.1) is 5.56 Å². The van der Waals surface area contributed by atoms with Crippen LogP contribution in [-0.2, 0) is 0 Å². The van der Waals surface area contributed by atoms with Crippen molar-refractivity contribution < 1.29 is 0 Å². The zero-order chi connectivity index (χ0) is 12.0. The zero-order valence-electron chi connectivity index (χ0n) is 9.97. The van der Waals surface area contributed by atoms with Crippen LogP contribution in [0.4, 0.5) is 5.82 Å². The van der Waals surface area contributed by atoms with Crippen LogP contribution >= 0.6 is 11.8 Å². The van der Waals surface area contributed by atoms with E-state index in [0.717, 1.165) is 18.0 Å². The minimum Gasteiger partial charge on any atom is -0.356 e. The van der Waals surface area contributed by atoms with Gasteiger partial charge in [-0.25, -0.2) is 4.98 Å². The van der Waals surface area contributed by atoms with Crippen molar-refractivity contribution in [3.05, 3.63) is 23.9 Å². The molecule has 0 amide bonds. The molecule has 1 unspecified atom stereocenters. The van der Waals surface area contributed by atoms with Crippen LogP contribution in [0.2, 0.25) is 0 Å². The Labute approximate surface area is 101 Å². The lowest BCUT2D eigenvalue weighted by Gasteiger charge is -2.26. The highest BCUT2D eigenvalue weighted by Gasteiger charge is 2.13. The number of nitriles is 1. The Morgan fingerprint density at radius 3 is 3.00 bits per heavy atom. The average molecular weight is 235 g/mol. The summed E-state index contributed by atoms with van der Waals surface area (Å²) in [6.45, 7) is 2.16. The Hall–Kier alpha value is -1.21. The van der Waals surface area contributed by atoms with Gasteiger partial charge in [0.2, 0.25) is 0 Å². The lowest BCUT2D eigenvalue weighted by atomic mass is 10.2. The molecule has 1 heterocycles. The molecule has 0 aliphatic heterocycles. The van der Waals surface area contributed by atoms with Gasteiger partial charge in [-0.2, -0.15) is 17.0 Å². The van der Waals surface area contributed by atoms with Crippen LogP contribution in [0, 0.1) is 11.3 Å². The van der Waals surface area contributed by atoms with Gasteiger partial charge in [-0.1, -0.05) is 0 Å². The van der Waals surface area contributed by atoms with Crippen molar-refractivity contribution in [2.45, 2.75) is 19.4 Å². The second kappa shape index (κ2) is 6.39. The van der Waals surface area contributed by atoms with Crippen molar-refractivity contribution in [3.8, 4) is 6.07 Å². The highest BCUT2D eigenvalue weighted by Crippen LogP contribution is 2.18. The number of nitrogens with zero attached hydrogens (tertiary/aromatic N) is 3. The van der Waals surface area contributed by atoms with E-state index in [9.17, 15) is 0 Å². The SMILES string of the molecule is CSCCC(C)N(C)c1ncccc1C#N. The number of thioether (sulfide) groups is 1. The van der Waals surface area contributed by atoms with E-state index in [1.165, 1.54) is 0 Å². The number of aromatic nitrogens is 1. The molecule has 86 valence electrons. The van der Waals surface area contributed by atoms with Crippen LogP contribution in [-0.4, -0.2) is 30.1 Å². The standard InChI is InChI=1S/C12H17N3S/c1-10(6-8-16-3)15(2)12-11(9-13)5-4-7-14-12/h4-5,7,10H,6,8H2,1-3H3. The number of pyridine rings is 1. The molecule has 1 aromatic heterocycles. The van der Waals surface area contributed by atoms with Gasteiger partial charge in [0.25, 0.3) is 0 Å². The fourth-order valence-electron chi connectivity index (χ4n) is 1.46. The first-order valence-electron chi connectivity index (χ1n) is 5.27. The van der Waals surface area contributed by atoms with E-state index in [0.29, 0.717) is 11.6 Å². The largest absolute Gasteiger partial charge is 0.356 e. The molecule has 16 heavy (non-hydrogen) atoms. The molecule has 0 aliphatic carbocycles. The predicted octanol–water partition coefficient (Wildman–Crippen LogP) is 2.53. The molecule has 4 heteroatoms. The molecule has 0 radical (unpaired) electrons. The van der Waals surface area contributed by atoms with Gasteiger partial charge >= 0.3 is 0 Å². The van der Waals surface area contributed by atoms with Crippen molar-refractivity contribution in [1.82, 2.24) is 4.98 Å². The Bertz CT molecular complexity index is 373. The number of hydrogen-bond donors (Lipinski definition) is 0. The molecular formula is C12H17N3S. The highest BCUT2D eigenvalue weighted by atomic mass is 32.2. The summed E-state index contributed by atoms with van der Waals surface area (Å²) in [5, 5.41) is 9.00. The number of anilines is 1. The van der Waals surface area contributed by atoms with Gasteiger partial charge < -0.3 is 4.90 Å². The lowest BCUT2D eigenvalue weighted by Crippen LogP contribution is -2.30. The van der Waals surface area contributed by atoms with E-state index in [2.05, 4.69) is 29.1 Å². The van der Waals surface area contributed by atoms with E-state index in [-0.39, 0.29) is 0 Å². The molecule has 0 N–H and O–H groups in total. The van der Waals surface area contributed by atoms with Crippen LogP contribution in [0.5, 0.6) is 0 Å². The summed E-state index contributed by atoms with van der Waals surface area (Å²) in [6, 6.07) is 6.18. The summed E-state index contributed by atoms with van der Waals surface area (Å²) in [7, 11) is 1.99. The van der Waals surface area contributed by atoms with Gasteiger partial charge in [0, 0.05) is 19.3 Å². The third kappa shape index (κ3) is 3.14. The van der Waals surface area contributed by atoms with Gasteiger partial charge in [-0.3, -0.25) is 0 Å². The summed E-state index contributed by atoms with van der Waals surface area (Å²) in [5.41, 5.74) is 0.640. The zero-order valence-corrected chi connectivity index (χ0v) is 10.8.